The molecule has 8 aliphatic carbocycles. The summed E-state index contributed by atoms with van der Waals surface area (Å²) in [7, 11) is 0. The van der Waals surface area contributed by atoms with Gasteiger partial charge in [0.05, 0.1) is 12.2 Å². The van der Waals surface area contributed by atoms with Crippen LogP contribution in [-0.4, -0.2) is 45.7 Å². The van der Waals surface area contributed by atoms with Crippen LogP contribution in [0.15, 0.2) is 0 Å². The van der Waals surface area contributed by atoms with Gasteiger partial charge in [0.25, 0.3) is 0 Å². The van der Waals surface area contributed by atoms with Gasteiger partial charge in [-0.3, -0.25) is 4.90 Å². The molecule has 0 aromatic rings. The number of nitrogens with zero attached hydrogens (tertiary/aromatic N) is 1. The summed E-state index contributed by atoms with van der Waals surface area (Å²) >= 11 is 2.60. The minimum atomic E-state index is 0.507. The maximum Gasteiger partial charge on any atom is 0.0621 e. The summed E-state index contributed by atoms with van der Waals surface area (Å²) in [6, 6.07) is 2.66. The van der Waals surface area contributed by atoms with Gasteiger partial charge in [0, 0.05) is 34.5 Å². The fraction of sp³-hybridized carbons (Fsp3) is 1.00. The van der Waals surface area contributed by atoms with Gasteiger partial charge in [-0.15, -0.1) is 0 Å². The van der Waals surface area contributed by atoms with Crippen LogP contribution in [0.25, 0.3) is 0 Å². The molecule has 336 valence electrons. The molecule has 2 heterocycles. The predicted molar refractivity (Wildman–Crippen MR) is 252 cm³/mol. The standard InChI is InChI=1S/C56H95NOS/c1-55(2,3)41-24-14-36(15-25-41)38-18-28-43(29-19-38)57(44-30-20-39(21-31-44)37-16-26-42(27-17-37)56(4,5)6)45-32-22-40(23-33-45)46-11-9-12-47-48-34-35-51-52(54(48)59-53(46)47)49-10-7-8-13-50(49)58-51/h36-54H,7-35H2,1-6H3. The molecule has 0 aromatic heterocycles. The predicted octanol–water partition coefficient (Wildman–Crippen LogP) is 15.6. The van der Waals surface area contributed by atoms with Gasteiger partial charge in [0.1, 0.15) is 0 Å². The van der Waals surface area contributed by atoms with Crippen molar-refractivity contribution in [3.63, 3.8) is 0 Å². The topological polar surface area (TPSA) is 12.5 Å². The van der Waals surface area contributed by atoms with E-state index in [4.69, 9.17) is 4.74 Å². The highest BCUT2D eigenvalue weighted by atomic mass is 32.2. The van der Waals surface area contributed by atoms with E-state index in [0.29, 0.717) is 23.0 Å². The first-order chi connectivity index (χ1) is 28.5. The lowest BCUT2D eigenvalue weighted by atomic mass is 9.62. The second kappa shape index (κ2) is 17.9. The van der Waals surface area contributed by atoms with Gasteiger partial charge in [-0.1, -0.05) is 60.8 Å². The molecule has 3 heteroatoms. The van der Waals surface area contributed by atoms with Crippen LogP contribution in [0.3, 0.4) is 0 Å². The van der Waals surface area contributed by atoms with Crippen molar-refractivity contribution in [3.8, 4) is 0 Å². The van der Waals surface area contributed by atoms with Gasteiger partial charge in [-0.2, -0.15) is 11.8 Å². The van der Waals surface area contributed by atoms with Crippen LogP contribution in [0.4, 0.5) is 0 Å². The molecule has 59 heavy (non-hydrogen) atoms. The first-order valence-corrected chi connectivity index (χ1v) is 28.5. The highest BCUT2D eigenvalue weighted by molar-refractivity contribution is 8.00. The minimum Gasteiger partial charge on any atom is -0.374 e. The van der Waals surface area contributed by atoms with Gasteiger partial charge in [-0.25, -0.2) is 0 Å². The molecule has 0 N–H and O–H groups in total. The van der Waals surface area contributed by atoms with E-state index in [-0.39, 0.29) is 0 Å². The fourth-order valence-corrected chi connectivity index (χ4v) is 21.0. The van der Waals surface area contributed by atoms with Crippen LogP contribution in [-0.2, 0) is 4.74 Å². The highest BCUT2D eigenvalue weighted by Gasteiger charge is 2.60. The van der Waals surface area contributed by atoms with Crippen molar-refractivity contribution >= 4 is 11.8 Å². The van der Waals surface area contributed by atoms with Crippen molar-refractivity contribution in [3.05, 3.63) is 0 Å². The van der Waals surface area contributed by atoms with Crippen LogP contribution in [0.2, 0.25) is 0 Å². The molecule has 9 unspecified atom stereocenters. The Morgan fingerprint density at radius 1 is 0.356 bits per heavy atom. The maximum atomic E-state index is 6.89. The Bertz CT molecular complexity index is 1290. The molecule has 9 atom stereocenters. The molecule has 2 saturated heterocycles. The molecule has 2 nitrogen and oxygen atoms in total. The second-order valence-electron chi connectivity index (χ2n) is 26.4. The van der Waals surface area contributed by atoms with E-state index in [1.807, 2.05) is 0 Å². The minimum absolute atomic E-state index is 0.507. The number of ether oxygens (including phenoxy) is 1. The Morgan fingerprint density at radius 2 is 0.780 bits per heavy atom. The third kappa shape index (κ3) is 8.86. The number of fused-ring (bicyclic) bond motifs is 7. The summed E-state index contributed by atoms with van der Waals surface area (Å²) in [4.78, 5) is 3.36. The van der Waals surface area contributed by atoms with E-state index in [0.717, 1.165) is 99.6 Å². The van der Waals surface area contributed by atoms with E-state index in [1.165, 1.54) is 128 Å². The number of hydrogen-bond donors (Lipinski definition) is 0. The first-order valence-electron chi connectivity index (χ1n) is 27.6. The Morgan fingerprint density at radius 3 is 1.29 bits per heavy atom. The first kappa shape index (κ1) is 43.2. The summed E-state index contributed by atoms with van der Waals surface area (Å²) in [6.07, 6.45) is 45.2. The molecule has 10 fully saturated rings. The smallest absolute Gasteiger partial charge is 0.0621 e. The SMILES string of the molecule is CC(C)(C)C1CCC(C2CCC(N(C3CCC(C4CCC(C(C)(C)C)CC4)CC3)C3CCC(C4CCCC5C6CCC7OC8CCCCC8C7C6SC45)CC3)CC2)CC1. The van der Waals surface area contributed by atoms with Crippen molar-refractivity contribution in [2.24, 2.45) is 81.8 Å². The van der Waals surface area contributed by atoms with Gasteiger partial charge in [-0.05, 0) is 243 Å². The lowest BCUT2D eigenvalue weighted by Gasteiger charge is -2.52. The van der Waals surface area contributed by atoms with Crippen molar-refractivity contribution in [2.75, 3.05) is 0 Å². The van der Waals surface area contributed by atoms with E-state index < -0.39 is 0 Å². The van der Waals surface area contributed by atoms with Crippen LogP contribution < -0.4 is 0 Å². The summed E-state index contributed by atoms with van der Waals surface area (Å²) in [5, 5.41) is 1.93. The van der Waals surface area contributed by atoms with Crippen LogP contribution in [0.5, 0.6) is 0 Å². The zero-order chi connectivity index (χ0) is 40.5. The quantitative estimate of drug-likeness (QED) is 0.265. The molecule has 0 amide bonds. The van der Waals surface area contributed by atoms with Crippen molar-refractivity contribution < 1.29 is 4.74 Å². The highest BCUT2D eigenvalue weighted by Crippen LogP contribution is 2.64. The Hall–Kier alpha value is 0.270. The van der Waals surface area contributed by atoms with Crippen LogP contribution in [0.1, 0.15) is 228 Å². The van der Waals surface area contributed by atoms with Gasteiger partial charge in [0.2, 0.25) is 0 Å². The van der Waals surface area contributed by atoms with Gasteiger partial charge in [0.15, 0.2) is 0 Å². The molecular weight excluding hydrogens is 735 g/mol. The molecule has 0 radical (unpaired) electrons. The molecule has 0 bridgehead atoms. The van der Waals surface area contributed by atoms with Crippen LogP contribution in [0, 0.1) is 81.8 Å². The average molecular weight is 830 g/mol. The van der Waals surface area contributed by atoms with E-state index in [9.17, 15) is 0 Å². The molecule has 2 aliphatic heterocycles. The second-order valence-corrected chi connectivity index (χ2v) is 27.8. The molecule has 10 rings (SSSR count). The van der Waals surface area contributed by atoms with E-state index >= 15 is 0 Å². The van der Waals surface area contributed by atoms with Crippen molar-refractivity contribution in [1.82, 2.24) is 4.90 Å². The Kier molecular flexibility index (Phi) is 13.1. The van der Waals surface area contributed by atoms with Crippen molar-refractivity contribution in [2.45, 2.75) is 269 Å². The third-order valence-corrected chi connectivity index (χ3v) is 23.8. The molecule has 0 aromatic carbocycles. The third-order valence-electron chi connectivity index (χ3n) is 21.8. The fourth-order valence-electron chi connectivity index (χ4n) is 18.5. The zero-order valence-electron chi connectivity index (χ0n) is 39.7. The number of rotatable bonds is 6. The van der Waals surface area contributed by atoms with Gasteiger partial charge < -0.3 is 4.74 Å². The summed E-state index contributed by atoms with van der Waals surface area (Å²) in [5.74, 6) is 12.0. The van der Waals surface area contributed by atoms with Crippen molar-refractivity contribution in [1.29, 1.82) is 0 Å². The molecule has 10 aliphatic rings. The molecule has 8 saturated carbocycles. The largest absolute Gasteiger partial charge is 0.374 e. The lowest BCUT2D eigenvalue weighted by Crippen LogP contribution is -2.53. The normalized spacial score (nSPS) is 49.8. The van der Waals surface area contributed by atoms with Gasteiger partial charge >= 0.3 is 0 Å². The monoisotopic (exact) mass is 830 g/mol. The number of hydrogen-bond acceptors (Lipinski definition) is 3. The van der Waals surface area contributed by atoms with E-state index in [2.05, 4.69) is 58.2 Å². The van der Waals surface area contributed by atoms with E-state index in [1.54, 1.807) is 57.8 Å². The summed E-state index contributed by atoms with van der Waals surface area (Å²) < 4.78 is 6.89. The number of thioether (sulfide) groups is 1. The summed E-state index contributed by atoms with van der Waals surface area (Å²) in [6.45, 7) is 15.0. The van der Waals surface area contributed by atoms with Crippen LogP contribution >= 0.6 is 11.8 Å². The Balaban J connectivity index is 0.784. The molecule has 0 spiro atoms. The summed E-state index contributed by atoms with van der Waals surface area (Å²) in [5.41, 5.74) is 1.01. The zero-order valence-corrected chi connectivity index (χ0v) is 40.6. The maximum absolute atomic E-state index is 6.89. The average Bonchev–Trinajstić information content (AvgIpc) is 3.83. The Labute approximate surface area is 370 Å². The molecular formula is C56H95NOS. The lowest BCUT2D eigenvalue weighted by molar-refractivity contribution is -0.0154.